The second-order valence-corrected chi connectivity index (χ2v) is 4.87. The number of nitrogens with one attached hydrogen (secondary N) is 1. The fourth-order valence-electron chi connectivity index (χ4n) is 2.08. The highest BCUT2D eigenvalue weighted by atomic mass is 16.4. The minimum Gasteiger partial charge on any atom is -0.465 e. The molecule has 2 atom stereocenters. The Bertz CT molecular complexity index is 456. The number of benzene rings is 1. The number of carbonyl (C=O) groups is 2. The Labute approximate surface area is 111 Å². The van der Waals surface area contributed by atoms with Crippen LogP contribution in [0, 0.1) is 5.92 Å². The van der Waals surface area contributed by atoms with Crippen LogP contribution in [-0.2, 0) is 11.2 Å². The SMILES string of the molecule is O=C(O)N[C@@H](Cc1ccccc1)[C@@H](O)C(=O)C1CC1. The van der Waals surface area contributed by atoms with E-state index in [1.165, 1.54) is 0 Å². The zero-order valence-corrected chi connectivity index (χ0v) is 10.5. The summed E-state index contributed by atoms with van der Waals surface area (Å²) in [5.41, 5.74) is 0.879. The maximum absolute atomic E-state index is 11.8. The van der Waals surface area contributed by atoms with Crippen molar-refractivity contribution in [2.45, 2.75) is 31.4 Å². The van der Waals surface area contributed by atoms with Crippen molar-refractivity contribution < 1.29 is 19.8 Å². The van der Waals surface area contributed by atoms with Gasteiger partial charge in [0.15, 0.2) is 5.78 Å². The summed E-state index contributed by atoms with van der Waals surface area (Å²) in [6, 6.07) is 8.41. The van der Waals surface area contributed by atoms with Gasteiger partial charge in [0.2, 0.25) is 0 Å². The van der Waals surface area contributed by atoms with Gasteiger partial charge in [-0.3, -0.25) is 4.79 Å². The fourth-order valence-corrected chi connectivity index (χ4v) is 2.08. The van der Waals surface area contributed by atoms with Gasteiger partial charge in [0.25, 0.3) is 0 Å². The second kappa shape index (κ2) is 5.84. The molecule has 5 nitrogen and oxygen atoms in total. The predicted octanol–water partition coefficient (Wildman–Crippen LogP) is 1.21. The molecule has 2 rings (SSSR count). The Morgan fingerprint density at radius 2 is 1.89 bits per heavy atom. The third-order valence-electron chi connectivity index (χ3n) is 3.26. The van der Waals surface area contributed by atoms with Crippen LogP contribution in [0.3, 0.4) is 0 Å². The number of amides is 1. The van der Waals surface area contributed by atoms with Gasteiger partial charge < -0.3 is 15.5 Å². The van der Waals surface area contributed by atoms with Gasteiger partial charge in [0.05, 0.1) is 6.04 Å². The summed E-state index contributed by atoms with van der Waals surface area (Å²) in [6.07, 6.45) is -0.623. The number of ketones is 1. The van der Waals surface area contributed by atoms with Crippen molar-refractivity contribution in [3.8, 4) is 0 Å². The van der Waals surface area contributed by atoms with E-state index in [1.54, 1.807) is 0 Å². The lowest BCUT2D eigenvalue weighted by molar-refractivity contribution is -0.129. The van der Waals surface area contributed by atoms with Crippen LogP contribution in [0.15, 0.2) is 30.3 Å². The smallest absolute Gasteiger partial charge is 0.404 e. The first-order valence-corrected chi connectivity index (χ1v) is 6.33. The number of rotatable bonds is 6. The molecule has 1 aliphatic carbocycles. The number of hydrogen-bond donors (Lipinski definition) is 3. The number of Topliss-reactive ketones (excluding diaryl/α,β-unsaturated/α-hetero) is 1. The first-order valence-electron chi connectivity index (χ1n) is 6.33. The van der Waals surface area contributed by atoms with Gasteiger partial charge >= 0.3 is 6.09 Å². The Balaban J connectivity index is 2.06. The molecule has 0 unspecified atom stereocenters. The van der Waals surface area contributed by atoms with Crippen LogP contribution >= 0.6 is 0 Å². The molecule has 0 radical (unpaired) electrons. The molecule has 1 aromatic rings. The Hall–Kier alpha value is -1.88. The second-order valence-electron chi connectivity index (χ2n) is 4.87. The van der Waals surface area contributed by atoms with Crippen molar-refractivity contribution in [1.82, 2.24) is 5.32 Å². The molecule has 0 bridgehead atoms. The molecule has 0 aliphatic heterocycles. The molecule has 102 valence electrons. The minimum absolute atomic E-state index is 0.0936. The number of carboxylic acid groups (broad SMARTS) is 1. The molecule has 1 saturated carbocycles. The van der Waals surface area contributed by atoms with Crippen LogP contribution in [0.5, 0.6) is 0 Å². The molecule has 0 spiro atoms. The highest BCUT2D eigenvalue weighted by Gasteiger charge is 2.38. The van der Waals surface area contributed by atoms with E-state index in [0.29, 0.717) is 6.42 Å². The average Bonchev–Trinajstić information content (AvgIpc) is 3.21. The van der Waals surface area contributed by atoms with Crippen molar-refractivity contribution >= 4 is 11.9 Å². The Kier molecular flexibility index (Phi) is 4.16. The van der Waals surface area contributed by atoms with E-state index >= 15 is 0 Å². The molecule has 1 fully saturated rings. The van der Waals surface area contributed by atoms with Gasteiger partial charge in [-0.1, -0.05) is 30.3 Å². The molecule has 19 heavy (non-hydrogen) atoms. The maximum atomic E-state index is 11.8. The Morgan fingerprint density at radius 3 is 2.42 bits per heavy atom. The first-order chi connectivity index (χ1) is 9.08. The molecule has 0 saturated heterocycles. The minimum atomic E-state index is -1.27. The van der Waals surface area contributed by atoms with E-state index < -0.39 is 18.2 Å². The molecular formula is C14H17NO4. The topological polar surface area (TPSA) is 86.6 Å². The third kappa shape index (κ3) is 3.79. The van der Waals surface area contributed by atoms with Crippen LogP contribution in [0.4, 0.5) is 4.79 Å². The molecule has 0 heterocycles. The molecule has 5 heteroatoms. The van der Waals surface area contributed by atoms with Crippen LogP contribution < -0.4 is 5.32 Å². The zero-order chi connectivity index (χ0) is 13.8. The predicted molar refractivity (Wildman–Crippen MR) is 68.8 cm³/mol. The van der Waals surface area contributed by atoms with Gasteiger partial charge in [-0.15, -0.1) is 0 Å². The van der Waals surface area contributed by atoms with E-state index in [1.807, 2.05) is 30.3 Å². The van der Waals surface area contributed by atoms with E-state index in [-0.39, 0.29) is 11.7 Å². The van der Waals surface area contributed by atoms with E-state index in [0.717, 1.165) is 18.4 Å². The number of aliphatic hydroxyl groups excluding tert-OH is 1. The maximum Gasteiger partial charge on any atom is 0.404 e. The van der Waals surface area contributed by atoms with Crippen molar-refractivity contribution in [2.24, 2.45) is 5.92 Å². The van der Waals surface area contributed by atoms with Crippen LogP contribution in [0.1, 0.15) is 18.4 Å². The largest absolute Gasteiger partial charge is 0.465 e. The summed E-state index contributed by atoms with van der Waals surface area (Å²) < 4.78 is 0. The fraction of sp³-hybridized carbons (Fsp3) is 0.429. The number of hydrogen-bond acceptors (Lipinski definition) is 3. The van der Waals surface area contributed by atoms with Crippen molar-refractivity contribution in [1.29, 1.82) is 0 Å². The summed E-state index contributed by atoms with van der Waals surface area (Å²) in [5, 5.41) is 21.1. The molecule has 0 aromatic heterocycles. The van der Waals surface area contributed by atoms with E-state index in [9.17, 15) is 14.7 Å². The van der Waals surface area contributed by atoms with Crippen LogP contribution in [-0.4, -0.2) is 34.2 Å². The zero-order valence-electron chi connectivity index (χ0n) is 10.5. The molecular weight excluding hydrogens is 246 g/mol. The number of carbonyl (C=O) groups excluding carboxylic acids is 1. The van der Waals surface area contributed by atoms with Gasteiger partial charge in [-0.05, 0) is 24.8 Å². The summed E-state index contributed by atoms with van der Waals surface area (Å²) in [6.45, 7) is 0. The van der Waals surface area contributed by atoms with Crippen molar-refractivity contribution in [2.75, 3.05) is 0 Å². The van der Waals surface area contributed by atoms with Gasteiger partial charge in [-0.25, -0.2) is 4.79 Å². The van der Waals surface area contributed by atoms with Crippen molar-refractivity contribution in [3.05, 3.63) is 35.9 Å². The quantitative estimate of drug-likeness (QED) is 0.720. The standard InChI is InChI=1S/C14H17NO4/c16-12(10-6-7-10)13(17)11(15-14(18)19)8-9-4-2-1-3-5-9/h1-5,10-11,13,15,17H,6-8H2,(H,18,19)/t11-,13+/m0/s1. The summed E-state index contributed by atoms with van der Waals surface area (Å²) in [5.74, 6) is -0.349. The molecule has 1 aliphatic rings. The Morgan fingerprint density at radius 1 is 1.26 bits per heavy atom. The van der Waals surface area contributed by atoms with Gasteiger partial charge in [0, 0.05) is 5.92 Å². The lowest BCUT2D eigenvalue weighted by Gasteiger charge is -2.22. The van der Waals surface area contributed by atoms with E-state index in [2.05, 4.69) is 5.32 Å². The summed E-state index contributed by atoms with van der Waals surface area (Å²) in [7, 11) is 0. The molecule has 3 N–H and O–H groups in total. The van der Waals surface area contributed by atoms with Crippen molar-refractivity contribution in [3.63, 3.8) is 0 Å². The lowest BCUT2D eigenvalue weighted by atomic mass is 9.97. The highest BCUT2D eigenvalue weighted by molar-refractivity contribution is 5.88. The van der Waals surface area contributed by atoms with Gasteiger partial charge in [-0.2, -0.15) is 0 Å². The van der Waals surface area contributed by atoms with Gasteiger partial charge in [0.1, 0.15) is 6.10 Å². The average molecular weight is 263 g/mol. The monoisotopic (exact) mass is 263 g/mol. The molecule has 1 aromatic carbocycles. The normalized spacial score (nSPS) is 17.5. The molecule has 1 amide bonds. The summed E-state index contributed by atoms with van der Waals surface area (Å²) >= 11 is 0. The summed E-state index contributed by atoms with van der Waals surface area (Å²) in [4.78, 5) is 22.6. The first kappa shape index (κ1) is 13.5. The van der Waals surface area contributed by atoms with Crippen LogP contribution in [0.2, 0.25) is 0 Å². The van der Waals surface area contributed by atoms with E-state index in [4.69, 9.17) is 5.11 Å². The highest BCUT2D eigenvalue weighted by Crippen LogP contribution is 2.31. The number of aliphatic hydroxyl groups is 1. The lowest BCUT2D eigenvalue weighted by Crippen LogP contribution is -2.48. The van der Waals surface area contributed by atoms with Crippen LogP contribution in [0.25, 0.3) is 0 Å². The third-order valence-corrected chi connectivity index (χ3v) is 3.26.